The number of nitrogens with zero attached hydrogens (tertiary/aromatic N) is 3. The third-order valence-electron chi connectivity index (χ3n) is 1.75. The summed E-state index contributed by atoms with van der Waals surface area (Å²) in [7, 11) is 1.70. The molecule has 1 aromatic rings. The van der Waals surface area contributed by atoms with Crippen LogP contribution in [0.15, 0.2) is 0 Å². The molecule has 0 bridgehead atoms. The van der Waals surface area contributed by atoms with Crippen molar-refractivity contribution in [1.82, 2.24) is 25.9 Å². The molecular formula is C7H15N5O. The predicted octanol–water partition coefficient (Wildman–Crippen LogP) is -0.286. The SMILES string of the molecule is COCCC(C)NCc1nn[nH]n1. The average molecular weight is 185 g/mol. The fourth-order valence-electron chi connectivity index (χ4n) is 0.920. The standard InChI is InChI=1S/C7H15N5O/c1-6(3-4-13-2)8-5-7-9-11-12-10-7/h6,8H,3-5H2,1-2H3,(H,9,10,11,12). The second-order valence-electron chi connectivity index (χ2n) is 2.89. The lowest BCUT2D eigenvalue weighted by molar-refractivity contribution is 0.184. The maximum atomic E-state index is 4.96. The molecule has 1 aromatic heterocycles. The zero-order chi connectivity index (χ0) is 9.52. The highest BCUT2D eigenvalue weighted by Crippen LogP contribution is 1.92. The Morgan fingerprint density at radius 1 is 1.62 bits per heavy atom. The Balaban J connectivity index is 2.11. The first-order chi connectivity index (χ1) is 6.33. The van der Waals surface area contributed by atoms with Gasteiger partial charge in [0.2, 0.25) is 0 Å². The van der Waals surface area contributed by atoms with E-state index in [4.69, 9.17) is 4.74 Å². The molecular weight excluding hydrogens is 170 g/mol. The zero-order valence-corrected chi connectivity index (χ0v) is 7.95. The lowest BCUT2D eigenvalue weighted by Crippen LogP contribution is -2.27. The van der Waals surface area contributed by atoms with Crippen LogP contribution in [0.2, 0.25) is 0 Å². The first-order valence-electron chi connectivity index (χ1n) is 4.27. The van der Waals surface area contributed by atoms with E-state index in [2.05, 4.69) is 32.9 Å². The van der Waals surface area contributed by atoms with Gasteiger partial charge in [-0.1, -0.05) is 5.21 Å². The highest BCUT2D eigenvalue weighted by atomic mass is 16.5. The summed E-state index contributed by atoms with van der Waals surface area (Å²) in [5.41, 5.74) is 0. The van der Waals surface area contributed by atoms with Crippen LogP contribution in [0.25, 0.3) is 0 Å². The second kappa shape index (κ2) is 5.60. The highest BCUT2D eigenvalue weighted by molar-refractivity contribution is 4.75. The lowest BCUT2D eigenvalue weighted by atomic mass is 10.2. The van der Waals surface area contributed by atoms with E-state index in [0.29, 0.717) is 18.4 Å². The molecule has 0 saturated heterocycles. The summed E-state index contributed by atoms with van der Waals surface area (Å²) in [5, 5.41) is 16.8. The van der Waals surface area contributed by atoms with Crippen molar-refractivity contribution in [3.8, 4) is 0 Å². The summed E-state index contributed by atoms with van der Waals surface area (Å²) in [6.07, 6.45) is 0.981. The van der Waals surface area contributed by atoms with Gasteiger partial charge in [-0.15, -0.1) is 10.2 Å². The van der Waals surface area contributed by atoms with E-state index in [1.54, 1.807) is 7.11 Å². The minimum absolute atomic E-state index is 0.401. The van der Waals surface area contributed by atoms with Crippen LogP contribution >= 0.6 is 0 Å². The molecule has 2 N–H and O–H groups in total. The first kappa shape index (κ1) is 10.1. The molecule has 0 aliphatic carbocycles. The number of methoxy groups -OCH3 is 1. The van der Waals surface area contributed by atoms with Crippen LogP contribution in [-0.4, -0.2) is 40.4 Å². The van der Waals surface area contributed by atoms with E-state index in [-0.39, 0.29) is 0 Å². The predicted molar refractivity (Wildman–Crippen MR) is 47.0 cm³/mol. The quantitative estimate of drug-likeness (QED) is 0.637. The molecule has 1 unspecified atom stereocenters. The van der Waals surface area contributed by atoms with Crippen molar-refractivity contribution < 1.29 is 4.74 Å². The number of aromatic nitrogens is 4. The molecule has 1 atom stereocenters. The third kappa shape index (κ3) is 3.95. The summed E-state index contributed by atoms with van der Waals surface area (Å²) in [6, 6.07) is 0.401. The molecule has 0 saturated carbocycles. The molecule has 0 spiro atoms. The molecule has 0 aromatic carbocycles. The molecule has 1 rings (SSSR count). The largest absolute Gasteiger partial charge is 0.385 e. The van der Waals surface area contributed by atoms with Crippen LogP contribution in [0, 0.1) is 0 Å². The van der Waals surface area contributed by atoms with Crippen molar-refractivity contribution in [2.24, 2.45) is 0 Å². The Labute approximate surface area is 77.1 Å². The lowest BCUT2D eigenvalue weighted by Gasteiger charge is -2.10. The van der Waals surface area contributed by atoms with Gasteiger partial charge in [0.25, 0.3) is 0 Å². The molecule has 74 valence electrons. The Hall–Kier alpha value is -1.01. The number of hydrogen-bond acceptors (Lipinski definition) is 5. The van der Waals surface area contributed by atoms with Crippen molar-refractivity contribution in [2.75, 3.05) is 13.7 Å². The van der Waals surface area contributed by atoms with Crippen LogP contribution < -0.4 is 5.32 Å². The van der Waals surface area contributed by atoms with Crippen LogP contribution in [0.4, 0.5) is 0 Å². The number of nitrogens with one attached hydrogen (secondary N) is 2. The summed E-state index contributed by atoms with van der Waals surface area (Å²) in [5.74, 6) is 0.685. The number of tetrazole rings is 1. The maximum Gasteiger partial charge on any atom is 0.188 e. The monoisotopic (exact) mass is 185 g/mol. The summed E-state index contributed by atoms with van der Waals surface area (Å²) >= 11 is 0. The number of aromatic amines is 1. The molecule has 6 heteroatoms. The molecule has 0 aliphatic rings. The van der Waals surface area contributed by atoms with Crippen LogP contribution in [0.1, 0.15) is 19.2 Å². The van der Waals surface area contributed by atoms with Crippen LogP contribution in [0.3, 0.4) is 0 Å². The van der Waals surface area contributed by atoms with E-state index in [1.165, 1.54) is 0 Å². The minimum atomic E-state index is 0.401. The molecule has 0 aliphatic heterocycles. The van der Waals surface area contributed by atoms with Crippen molar-refractivity contribution in [3.63, 3.8) is 0 Å². The van der Waals surface area contributed by atoms with Gasteiger partial charge >= 0.3 is 0 Å². The first-order valence-corrected chi connectivity index (χ1v) is 4.27. The minimum Gasteiger partial charge on any atom is -0.385 e. The topological polar surface area (TPSA) is 75.7 Å². The Bertz CT molecular complexity index is 213. The summed E-state index contributed by atoms with van der Waals surface area (Å²) in [6.45, 7) is 3.50. The van der Waals surface area contributed by atoms with Gasteiger partial charge in [0.05, 0.1) is 6.54 Å². The van der Waals surface area contributed by atoms with E-state index >= 15 is 0 Å². The Morgan fingerprint density at radius 2 is 2.46 bits per heavy atom. The van der Waals surface area contributed by atoms with Gasteiger partial charge in [-0.2, -0.15) is 5.21 Å². The number of hydrogen-bond donors (Lipinski definition) is 2. The fourth-order valence-corrected chi connectivity index (χ4v) is 0.920. The van der Waals surface area contributed by atoms with Crippen molar-refractivity contribution in [1.29, 1.82) is 0 Å². The fraction of sp³-hybridized carbons (Fsp3) is 0.857. The molecule has 1 heterocycles. The summed E-state index contributed by atoms with van der Waals surface area (Å²) in [4.78, 5) is 0. The Morgan fingerprint density at radius 3 is 3.08 bits per heavy atom. The number of ether oxygens (including phenoxy) is 1. The molecule has 0 amide bonds. The van der Waals surface area contributed by atoms with E-state index in [1.807, 2.05) is 0 Å². The van der Waals surface area contributed by atoms with Crippen molar-refractivity contribution >= 4 is 0 Å². The van der Waals surface area contributed by atoms with Crippen molar-refractivity contribution in [3.05, 3.63) is 5.82 Å². The van der Waals surface area contributed by atoms with E-state index in [9.17, 15) is 0 Å². The maximum absolute atomic E-state index is 4.96. The third-order valence-corrected chi connectivity index (χ3v) is 1.75. The van der Waals surface area contributed by atoms with Crippen LogP contribution in [-0.2, 0) is 11.3 Å². The van der Waals surface area contributed by atoms with E-state index in [0.717, 1.165) is 13.0 Å². The van der Waals surface area contributed by atoms with Gasteiger partial charge < -0.3 is 10.1 Å². The van der Waals surface area contributed by atoms with Crippen LogP contribution in [0.5, 0.6) is 0 Å². The molecule has 13 heavy (non-hydrogen) atoms. The average Bonchev–Trinajstić information content (AvgIpc) is 2.64. The smallest absolute Gasteiger partial charge is 0.188 e. The summed E-state index contributed by atoms with van der Waals surface area (Å²) < 4.78 is 4.96. The van der Waals surface area contributed by atoms with Gasteiger partial charge in [-0.25, -0.2) is 0 Å². The molecule has 0 fully saturated rings. The van der Waals surface area contributed by atoms with Gasteiger partial charge in [0.15, 0.2) is 5.82 Å². The molecule has 0 radical (unpaired) electrons. The second-order valence-corrected chi connectivity index (χ2v) is 2.89. The van der Waals surface area contributed by atoms with Gasteiger partial charge in [0.1, 0.15) is 0 Å². The highest BCUT2D eigenvalue weighted by Gasteiger charge is 2.02. The van der Waals surface area contributed by atoms with Gasteiger partial charge in [-0.3, -0.25) is 0 Å². The number of H-pyrrole nitrogens is 1. The van der Waals surface area contributed by atoms with Gasteiger partial charge in [0, 0.05) is 19.8 Å². The molecule has 6 nitrogen and oxygen atoms in total. The Kier molecular flexibility index (Phi) is 4.34. The van der Waals surface area contributed by atoms with Crippen molar-refractivity contribution in [2.45, 2.75) is 25.9 Å². The number of rotatable bonds is 6. The van der Waals surface area contributed by atoms with Gasteiger partial charge in [-0.05, 0) is 13.3 Å². The van der Waals surface area contributed by atoms with E-state index < -0.39 is 0 Å². The normalized spacial score (nSPS) is 13.1. The zero-order valence-electron chi connectivity index (χ0n) is 7.95.